The maximum atomic E-state index is 12.3. The zero-order valence-corrected chi connectivity index (χ0v) is 14.9. The Labute approximate surface area is 156 Å². The van der Waals surface area contributed by atoms with Crippen molar-refractivity contribution in [2.24, 2.45) is 0 Å². The predicted molar refractivity (Wildman–Crippen MR) is 105 cm³/mol. The fraction of sp³-hybridized carbons (Fsp3) is 0.0909. The monoisotopic (exact) mass is 362 g/mol. The Balaban J connectivity index is 1.70. The van der Waals surface area contributed by atoms with Gasteiger partial charge in [0.25, 0.3) is 0 Å². The van der Waals surface area contributed by atoms with Crippen LogP contribution in [0.1, 0.15) is 15.9 Å². The molecular weight excluding hydrogens is 344 g/mol. The molecule has 0 amide bonds. The summed E-state index contributed by atoms with van der Waals surface area (Å²) >= 11 is 0.863. The molecular formula is C22H18O3S. The van der Waals surface area contributed by atoms with Crippen LogP contribution in [0.2, 0.25) is 0 Å². The average molecular weight is 362 g/mol. The number of hydrogen-bond acceptors (Lipinski definition) is 3. The maximum absolute atomic E-state index is 12.3. The summed E-state index contributed by atoms with van der Waals surface area (Å²) in [6.45, 7) is 0. The van der Waals surface area contributed by atoms with E-state index < -0.39 is 11.2 Å². The molecule has 26 heavy (non-hydrogen) atoms. The first-order chi connectivity index (χ1) is 12.6. The first kappa shape index (κ1) is 18.0. The van der Waals surface area contributed by atoms with Gasteiger partial charge in [-0.15, -0.1) is 0 Å². The molecule has 0 bridgehead atoms. The molecule has 1 N–H and O–H groups in total. The van der Waals surface area contributed by atoms with Crippen LogP contribution in [0.3, 0.4) is 0 Å². The van der Waals surface area contributed by atoms with Gasteiger partial charge in [0.15, 0.2) is 0 Å². The van der Waals surface area contributed by atoms with Crippen LogP contribution in [-0.4, -0.2) is 21.4 Å². The summed E-state index contributed by atoms with van der Waals surface area (Å²) in [5, 5.41) is 8.45. The molecule has 1 atom stereocenters. The highest BCUT2D eigenvalue weighted by Crippen LogP contribution is 2.24. The highest BCUT2D eigenvalue weighted by atomic mass is 32.2. The Hall–Kier alpha value is -2.85. The quantitative estimate of drug-likeness (QED) is 0.676. The van der Waals surface area contributed by atoms with Gasteiger partial charge in [-0.3, -0.25) is 9.59 Å². The van der Waals surface area contributed by atoms with Gasteiger partial charge in [-0.05, 0) is 23.1 Å². The number of carbonyl (C=O) groups excluding carboxylic acids is 1. The summed E-state index contributed by atoms with van der Waals surface area (Å²) in [5.74, 6) is -0.980. The Morgan fingerprint density at radius 2 is 1.31 bits per heavy atom. The zero-order valence-electron chi connectivity index (χ0n) is 14.0. The molecule has 0 radical (unpaired) electrons. The normalized spacial score (nSPS) is 11.7. The molecule has 0 aliphatic carbocycles. The van der Waals surface area contributed by atoms with Gasteiger partial charge in [-0.2, -0.15) is 0 Å². The summed E-state index contributed by atoms with van der Waals surface area (Å²) in [7, 11) is 0. The van der Waals surface area contributed by atoms with Gasteiger partial charge in [-0.1, -0.05) is 96.7 Å². The molecule has 0 aliphatic heterocycles. The van der Waals surface area contributed by atoms with Gasteiger partial charge in [0, 0.05) is 5.56 Å². The Kier molecular flexibility index (Phi) is 5.87. The molecule has 0 saturated carbocycles. The van der Waals surface area contributed by atoms with E-state index in [1.165, 1.54) is 0 Å². The summed E-state index contributed by atoms with van der Waals surface area (Å²) in [4.78, 5) is 23.9. The average Bonchev–Trinajstić information content (AvgIpc) is 2.69. The minimum atomic E-state index is -0.980. The zero-order chi connectivity index (χ0) is 18.4. The number of carbonyl (C=O) groups is 2. The maximum Gasteiger partial charge on any atom is 0.317 e. The van der Waals surface area contributed by atoms with E-state index in [1.54, 1.807) is 24.3 Å². The van der Waals surface area contributed by atoms with Crippen molar-refractivity contribution in [2.45, 2.75) is 11.7 Å². The van der Waals surface area contributed by atoms with Crippen LogP contribution in [0.4, 0.5) is 0 Å². The van der Waals surface area contributed by atoms with E-state index in [2.05, 4.69) is 0 Å². The van der Waals surface area contributed by atoms with Crippen molar-refractivity contribution in [3.63, 3.8) is 0 Å². The number of benzene rings is 3. The van der Waals surface area contributed by atoms with Gasteiger partial charge in [0.2, 0.25) is 5.12 Å². The predicted octanol–water partition coefficient (Wildman–Crippen LogP) is 4.92. The van der Waals surface area contributed by atoms with Crippen LogP contribution in [-0.2, 0) is 11.2 Å². The number of aliphatic carboxylic acids is 1. The van der Waals surface area contributed by atoms with Crippen LogP contribution in [0.15, 0.2) is 84.9 Å². The van der Waals surface area contributed by atoms with E-state index in [4.69, 9.17) is 0 Å². The minimum Gasteiger partial charge on any atom is -0.480 e. The number of hydrogen-bond donors (Lipinski definition) is 1. The van der Waals surface area contributed by atoms with Crippen molar-refractivity contribution < 1.29 is 14.7 Å². The van der Waals surface area contributed by atoms with E-state index in [1.807, 2.05) is 60.7 Å². The molecule has 130 valence electrons. The SMILES string of the molecule is O=C(S[C@@H](Cc1ccc(-c2ccccc2)cc1)C(=O)O)c1ccccc1. The lowest BCUT2D eigenvalue weighted by Crippen LogP contribution is -2.21. The van der Waals surface area contributed by atoms with E-state index in [0.717, 1.165) is 28.5 Å². The van der Waals surface area contributed by atoms with Crippen LogP contribution >= 0.6 is 11.8 Å². The van der Waals surface area contributed by atoms with Crippen molar-refractivity contribution in [3.8, 4) is 11.1 Å². The van der Waals surface area contributed by atoms with Crippen LogP contribution in [0, 0.1) is 0 Å². The lowest BCUT2D eigenvalue weighted by Gasteiger charge is -2.12. The van der Waals surface area contributed by atoms with E-state index in [-0.39, 0.29) is 5.12 Å². The Morgan fingerprint density at radius 1 is 0.769 bits per heavy atom. The molecule has 0 fully saturated rings. The van der Waals surface area contributed by atoms with Crippen molar-refractivity contribution >= 4 is 22.8 Å². The summed E-state index contributed by atoms with van der Waals surface area (Å²) in [6.07, 6.45) is 0.299. The molecule has 0 spiro atoms. The van der Waals surface area contributed by atoms with E-state index in [0.29, 0.717) is 12.0 Å². The second-order valence-corrected chi connectivity index (χ2v) is 7.04. The fourth-order valence-electron chi connectivity index (χ4n) is 2.63. The summed E-state index contributed by atoms with van der Waals surface area (Å²) < 4.78 is 0. The van der Waals surface area contributed by atoms with E-state index >= 15 is 0 Å². The summed E-state index contributed by atoms with van der Waals surface area (Å²) in [6, 6.07) is 26.6. The molecule has 0 unspecified atom stereocenters. The van der Waals surface area contributed by atoms with Gasteiger partial charge in [0.05, 0.1) is 0 Å². The van der Waals surface area contributed by atoms with Gasteiger partial charge < -0.3 is 5.11 Å². The third-order valence-electron chi connectivity index (χ3n) is 4.02. The second-order valence-electron chi connectivity index (χ2n) is 5.87. The number of rotatable bonds is 6. The lowest BCUT2D eigenvalue weighted by molar-refractivity contribution is -0.136. The fourth-order valence-corrected chi connectivity index (χ4v) is 3.54. The Morgan fingerprint density at radius 3 is 1.88 bits per heavy atom. The molecule has 0 saturated heterocycles. The van der Waals surface area contributed by atoms with Crippen LogP contribution in [0.5, 0.6) is 0 Å². The van der Waals surface area contributed by atoms with Crippen molar-refractivity contribution in [3.05, 3.63) is 96.1 Å². The smallest absolute Gasteiger partial charge is 0.317 e. The Bertz CT molecular complexity index is 874. The third kappa shape index (κ3) is 4.61. The molecule has 4 heteroatoms. The number of thioether (sulfide) groups is 1. The largest absolute Gasteiger partial charge is 0.480 e. The van der Waals surface area contributed by atoms with Gasteiger partial charge in [-0.25, -0.2) is 0 Å². The molecule has 0 aromatic heterocycles. The molecule has 0 heterocycles. The minimum absolute atomic E-state index is 0.223. The van der Waals surface area contributed by atoms with Gasteiger partial charge in [0.1, 0.15) is 5.25 Å². The third-order valence-corrected chi connectivity index (χ3v) is 5.12. The van der Waals surface area contributed by atoms with Crippen molar-refractivity contribution in [1.29, 1.82) is 0 Å². The van der Waals surface area contributed by atoms with Crippen LogP contribution in [0.25, 0.3) is 11.1 Å². The number of carboxylic acids is 1. The second kappa shape index (κ2) is 8.50. The van der Waals surface area contributed by atoms with Crippen molar-refractivity contribution in [2.75, 3.05) is 0 Å². The standard InChI is InChI=1S/C22H18O3S/c23-21(24)20(26-22(25)19-9-5-2-6-10-19)15-16-11-13-18(14-12-16)17-7-3-1-4-8-17/h1-14,20H,15H2,(H,23,24)/t20-/m0/s1. The molecule has 3 aromatic carbocycles. The highest BCUT2D eigenvalue weighted by molar-refractivity contribution is 8.15. The van der Waals surface area contributed by atoms with Gasteiger partial charge >= 0.3 is 5.97 Å². The topological polar surface area (TPSA) is 54.4 Å². The molecule has 0 aliphatic rings. The molecule has 3 rings (SSSR count). The highest BCUT2D eigenvalue weighted by Gasteiger charge is 2.23. The molecule has 3 aromatic rings. The van der Waals surface area contributed by atoms with Crippen molar-refractivity contribution in [1.82, 2.24) is 0 Å². The first-order valence-corrected chi connectivity index (χ1v) is 9.14. The number of carboxylic acid groups (broad SMARTS) is 1. The molecule has 3 nitrogen and oxygen atoms in total. The first-order valence-electron chi connectivity index (χ1n) is 8.26. The van der Waals surface area contributed by atoms with Crippen LogP contribution < -0.4 is 0 Å². The van der Waals surface area contributed by atoms with E-state index in [9.17, 15) is 14.7 Å². The lowest BCUT2D eigenvalue weighted by atomic mass is 10.0. The summed E-state index contributed by atoms with van der Waals surface area (Å²) in [5.41, 5.74) is 3.60.